The van der Waals surface area contributed by atoms with Crippen LogP contribution in [0.2, 0.25) is 5.02 Å². The normalized spacial score (nSPS) is 19.5. The van der Waals surface area contributed by atoms with E-state index in [0.717, 1.165) is 17.5 Å². The lowest BCUT2D eigenvalue weighted by atomic mass is 9.93. The van der Waals surface area contributed by atoms with Gasteiger partial charge in [-0.05, 0) is 69.6 Å². The Morgan fingerprint density at radius 3 is 2.42 bits per heavy atom. The van der Waals surface area contributed by atoms with Crippen molar-refractivity contribution < 1.29 is 0 Å². The molecule has 2 rings (SSSR count). The molecule has 0 aliphatic carbocycles. The molecule has 0 saturated carbocycles. The number of hydrogen-bond acceptors (Lipinski definition) is 2. The van der Waals surface area contributed by atoms with Gasteiger partial charge in [0.2, 0.25) is 0 Å². The zero-order chi connectivity index (χ0) is 13.7. The van der Waals surface area contributed by atoms with Gasteiger partial charge in [-0.15, -0.1) is 0 Å². The van der Waals surface area contributed by atoms with Crippen molar-refractivity contribution in [2.24, 2.45) is 5.92 Å². The van der Waals surface area contributed by atoms with Crippen LogP contribution in [0.3, 0.4) is 0 Å². The quantitative estimate of drug-likeness (QED) is 0.884. The molecule has 1 saturated heterocycles. The van der Waals surface area contributed by atoms with Crippen molar-refractivity contribution in [1.29, 1.82) is 0 Å². The molecule has 1 N–H and O–H groups in total. The van der Waals surface area contributed by atoms with Crippen molar-refractivity contribution in [2.45, 2.75) is 32.2 Å². The Morgan fingerprint density at radius 1 is 1.26 bits per heavy atom. The predicted octanol–water partition coefficient (Wildman–Crippen LogP) is 3.72. The highest BCUT2D eigenvalue weighted by molar-refractivity contribution is 6.30. The first-order valence-electron chi connectivity index (χ1n) is 7.38. The van der Waals surface area contributed by atoms with E-state index < -0.39 is 0 Å². The highest BCUT2D eigenvalue weighted by Crippen LogP contribution is 2.29. The van der Waals surface area contributed by atoms with Crippen molar-refractivity contribution in [3.05, 3.63) is 34.9 Å². The van der Waals surface area contributed by atoms with Crippen molar-refractivity contribution in [3.8, 4) is 0 Å². The van der Waals surface area contributed by atoms with E-state index in [4.69, 9.17) is 11.6 Å². The highest BCUT2D eigenvalue weighted by atomic mass is 35.5. The average molecular weight is 281 g/mol. The van der Waals surface area contributed by atoms with E-state index in [-0.39, 0.29) is 0 Å². The lowest BCUT2D eigenvalue weighted by Crippen LogP contribution is -2.38. The molecule has 1 aromatic rings. The molecule has 2 nitrogen and oxygen atoms in total. The summed E-state index contributed by atoms with van der Waals surface area (Å²) in [4.78, 5) is 2.63. The van der Waals surface area contributed by atoms with E-state index in [0.29, 0.717) is 6.04 Å². The Kier molecular flexibility index (Phi) is 5.68. The molecule has 0 aromatic heterocycles. The molecule has 0 bridgehead atoms. The van der Waals surface area contributed by atoms with E-state index in [1.807, 2.05) is 12.1 Å². The summed E-state index contributed by atoms with van der Waals surface area (Å²) in [6.07, 6.45) is 3.79. The van der Waals surface area contributed by atoms with Crippen molar-refractivity contribution >= 4 is 11.6 Å². The van der Waals surface area contributed by atoms with E-state index in [9.17, 15) is 0 Å². The van der Waals surface area contributed by atoms with Crippen LogP contribution in [-0.2, 0) is 0 Å². The molecule has 1 unspecified atom stereocenters. The van der Waals surface area contributed by atoms with Gasteiger partial charge in [0.05, 0.1) is 0 Å². The zero-order valence-corrected chi connectivity index (χ0v) is 12.8. The van der Waals surface area contributed by atoms with Crippen molar-refractivity contribution in [3.63, 3.8) is 0 Å². The summed E-state index contributed by atoms with van der Waals surface area (Å²) >= 11 is 5.98. The Balaban J connectivity index is 1.97. The fraction of sp³-hybridized carbons (Fsp3) is 0.625. The predicted molar refractivity (Wildman–Crippen MR) is 82.7 cm³/mol. The minimum absolute atomic E-state index is 0.549. The van der Waals surface area contributed by atoms with Crippen molar-refractivity contribution in [2.75, 3.05) is 26.7 Å². The van der Waals surface area contributed by atoms with Crippen LogP contribution in [0, 0.1) is 5.92 Å². The van der Waals surface area contributed by atoms with Crippen LogP contribution in [0.4, 0.5) is 0 Å². The van der Waals surface area contributed by atoms with E-state index in [1.165, 1.54) is 37.9 Å². The van der Waals surface area contributed by atoms with Gasteiger partial charge in [0.25, 0.3) is 0 Å². The van der Waals surface area contributed by atoms with Gasteiger partial charge in [0.1, 0.15) is 0 Å². The smallest absolute Gasteiger partial charge is 0.0406 e. The largest absolute Gasteiger partial charge is 0.319 e. The second-order valence-electron chi connectivity index (χ2n) is 5.51. The summed E-state index contributed by atoms with van der Waals surface area (Å²) < 4.78 is 0. The van der Waals surface area contributed by atoms with Crippen LogP contribution in [-0.4, -0.2) is 31.6 Å². The van der Waals surface area contributed by atoms with Crippen LogP contribution < -0.4 is 5.32 Å². The molecule has 0 radical (unpaired) electrons. The number of nitrogens with zero attached hydrogens (tertiary/aromatic N) is 1. The second-order valence-corrected chi connectivity index (χ2v) is 5.95. The molecule has 3 heteroatoms. The molecule has 0 spiro atoms. The topological polar surface area (TPSA) is 15.3 Å². The van der Waals surface area contributed by atoms with E-state index in [1.54, 1.807) is 0 Å². The number of nitrogens with one attached hydrogen (secondary N) is 1. The summed E-state index contributed by atoms with van der Waals surface area (Å²) in [5.41, 5.74) is 1.40. The van der Waals surface area contributed by atoms with Crippen LogP contribution in [0.25, 0.3) is 0 Å². The lowest BCUT2D eigenvalue weighted by Gasteiger charge is -2.37. The van der Waals surface area contributed by atoms with Gasteiger partial charge in [-0.3, -0.25) is 4.90 Å². The maximum absolute atomic E-state index is 5.98. The van der Waals surface area contributed by atoms with E-state index >= 15 is 0 Å². The molecule has 106 valence electrons. The summed E-state index contributed by atoms with van der Waals surface area (Å²) in [5, 5.41) is 4.13. The van der Waals surface area contributed by atoms with E-state index in [2.05, 4.69) is 36.3 Å². The maximum atomic E-state index is 5.98. The number of piperidine rings is 1. The van der Waals surface area contributed by atoms with Gasteiger partial charge in [0, 0.05) is 11.1 Å². The standard InChI is InChI=1S/C16H25ClN2/c1-3-16(14-4-6-15(17)7-5-14)19-10-8-13(9-11-19)12-18-2/h4-7,13,16,18H,3,8-12H2,1-2H3. The Hall–Kier alpha value is -0.570. The first-order chi connectivity index (χ1) is 9.24. The van der Waals surface area contributed by atoms with Crippen LogP contribution in [0.15, 0.2) is 24.3 Å². The zero-order valence-electron chi connectivity index (χ0n) is 12.0. The summed E-state index contributed by atoms with van der Waals surface area (Å²) in [5.74, 6) is 0.851. The first kappa shape index (κ1) is 14.8. The SMILES string of the molecule is CCC(c1ccc(Cl)cc1)N1CCC(CNC)CC1. The number of halogens is 1. The molecule has 1 atom stereocenters. The summed E-state index contributed by atoms with van der Waals surface area (Å²) in [6, 6.07) is 8.92. The van der Waals surface area contributed by atoms with Crippen molar-refractivity contribution in [1.82, 2.24) is 10.2 Å². The number of benzene rings is 1. The van der Waals surface area contributed by atoms with Gasteiger partial charge >= 0.3 is 0 Å². The van der Waals surface area contributed by atoms with Crippen LogP contribution in [0.5, 0.6) is 0 Å². The van der Waals surface area contributed by atoms with Gasteiger partial charge in [-0.25, -0.2) is 0 Å². The molecule has 0 amide bonds. The highest BCUT2D eigenvalue weighted by Gasteiger charge is 2.24. The molecule has 1 aromatic carbocycles. The molecule has 1 aliphatic rings. The number of rotatable bonds is 5. The molecule has 1 aliphatic heterocycles. The third kappa shape index (κ3) is 3.95. The maximum Gasteiger partial charge on any atom is 0.0406 e. The second kappa shape index (κ2) is 7.28. The van der Waals surface area contributed by atoms with Crippen LogP contribution >= 0.6 is 11.6 Å². The minimum atomic E-state index is 0.549. The third-order valence-corrected chi connectivity index (χ3v) is 4.48. The molecule has 1 heterocycles. The van der Waals surface area contributed by atoms with Crippen LogP contribution in [0.1, 0.15) is 37.8 Å². The first-order valence-corrected chi connectivity index (χ1v) is 7.76. The number of hydrogen-bond donors (Lipinski definition) is 1. The lowest BCUT2D eigenvalue weighted by molar-refractivity contribution is 0.129. The molecule has 19 heavy (non-hydrogen) atoms. The minimum Gasteiger partial charge on any atom is -0.319 e. The fourth-order valence-electron chi connectivity index (χ4n) is 3.15. The van der Waals surface area contributed by atoms with Gasteiger partial charge in [0.15, 0.2) is 0 Å². The molecule has 1 fully saturated rings. The Labute approximate surface area is 122 Å². The summed E-state index contributed by atoms with van der Waals surface area (Å²) in [7, 11) is 2.05. The van der Waals surface area contributed by atoms with Gasteiger partial charge in [-0.2, -0.15) is 0 Å². The molecular weight excluding hydrogens is 256 g/mol. The Bertz CT molecular complexity index is 369. The molecular formula is C16H25ClN2. The Morgan fingerprint density at radius 2 is 1.89 bits per heavy atom. The summed E-state index contributed by atoms with van der Waals surface area (Å²) in [6.45, 7) is 5.87. The monoisotopic (exact) mass is 280 g/mol. The average Bonchev–Trinajstić information content (AvgIpc) is 2.44. The third-order valence-electron chi connectivity index (χ3n) is 4.22. The number of likely N-dealkylation sites (tertiary alicyclic amines) is 1. The van der Waals surface area contributed by atoms with Gasteiger partial charge in [-0.1, -0.05) is 30.7 Å². The van der Waals surface area contributed by atoms with Gasteiger partial charge < -0.3 is 5.32 Å². The fourth-order valence-corrected chi connectivity index (χ4v) is 3.27.